The fourth-order valence-electron chi connectivity index (χ4n) is 2.25. The maximum absolute atomic E-state index is 14.3. The molecule has 23 heavy (non-hydrogen) atoms. The number of halogens is 1. The van der Waals surface area contributed by atoms with E-state index in [9.17, 15) is 9.18 Å². The number of rotatable bonds is 3. The SMILES string of the molecule is Cc1ccc(-c2ccc(C(=O)Nc3ccccn3)c(F)c2)cc1. The number of nitrogens with one attached hydrogen (secondary N) is 1. The van der Waals surface area contributed by atoms with Crippen molar-refractivity contribution in [2.45, 2.75) is 6.92 Å². The number of aromatic nitrogens is 1. The first-order valence-electron chi connectivity index (χ1n) is 7.22. The standard InChI is InChI=1S/C19H15FN2O/c1-13-5-7-14(8-6-13)15-9-10-16(17(20)12-15)19(23)22-18-4-2-3-11-21-18/h2-12H,1H3,(H,21,22,23). The van der Waals surface area contributed by atoms with Gasteiger partial charge in [0.15, 0.2) is 0 Å². The van der Waals surface area contributed by atoms with Gasteiger partial charge >= 0.3 is 0 Å². The summed E-state index contributed by atoms with van der Waals surface area (Å²) >= 11 is 0. The number of hydrogen-bond donors (Lipinski definition) is 1. The third kappa shape index (κ3) is 3.43. The number of pyridine rings is 1. The largest absolute Gasteiger partial charge is 0.306 e. The van der Waals surface area contributed by atoms with Gasteiger partial charge in [-0.05, 0) is 42.3 Å². The van der Waals surface area contributed by atoms with Gasteiger partial charge in [0, 0.05) is 6.20 Å². The first-order chi connectivity index (χ1) is 11.1. The molecule has 1 aromatic heterocycles. The molecular weight excluding hydrogens is 291 g/mol. The zero-order chi connectivity index (χ0) is 16.2. The van der Waals surface area contributed by atoms with Crippen molar-refractivity contribution in [3.05, 3.63) is 83.8 Å². The molecule has 3 nitrogen and oxygen atoms in total. The van der Waals surface area contributed by atoms with Crippen LogP contribution < -0.4 is 5.32 Å². The maximum Gasteiger partial charge on any atom is 0.259 e. The van der Waals surface area contributed by atoms with E-state index in [4.69, 9.17) is 0 Å². The molecule has 0 fully saturated rings. The zero-order valence-electron chi connectivity index (χ0n) is 12.6. The van der Waals surface area contributed by atoms with Crippen molar-refractivity contribution in [3.8, 4) is 11.1 Å². The first kappa shape index (κ1) is 14.9. The molecule has 0 saturated carbocycles. The van der Waals surface area contributed by atoms with Gasteiger partial charge in [-0.1, -0.05) is 42.0 Å². The van der Waals surface area contributed by atoms with Crippen LogP contribution in [0, 0.1) is 12.7 Å². The number of anilines is 1. The summed E-state index contributed by atoms with van der Waals surface area (Å²) < 4.78 is 14.3. The molecule has 4 heteroatoms. The lowest BCUT2D eigenvalue weighted by Gasteiger charge is -2.08. The van der Waals surface area contributed by atoms with Crippen LogP contribution in [0.1, 0.15) is 15.9 Å². The molecule has 1 amide bonds. The van der Waals surface area contributed by atoms with Crippen molar-refractivity contribution in [2.75, 3.05) is 5.32 Å². The Hall–Kier alpha value is -3.01. The summed E-state index contributed by atoms with van der Waals surface area (Å²) in [5.41, 5.74) is 2.77. The molecule has 3 rings (SSSR count). The summed E-state index contributed by atoms with van der Waals surface area (Å²) in [7, 11) is 0. The highest BCUT2D eigenvalue weighted by molar-refractivity contribution is 6.04. The molecule has 114 valence electrons. The molecule has 1 heterocycles. The summed E-state index contributed by atoms with van der Waals surface area (Å²) in [6.45, 7) is 2.00. The van der Waals surface area contributed by atoms with Crippen molar-refractivity contribution in [2.24, 2.45) is 0 Å². The molecule has 0 aliphatic carbocycles. The molecule has 0 bridgehead atoms. The monoisotopic (exact) mass is 306 g/mol. The second-order valence-electron chi connectivity index (χ2n) is 5.23. The fraction of sp³-hybridized carbons (Fsp3) is 0.0526. The maximum atomic E-state index is 14.3. The second kappa shape index (κ2) is 6.40. The lowest BCUT2D eigenvalue weighted by Crippen LogP contribution is -2.14. The molecule has 0 spiro atoms. The van der Waals surface area contributed by atoms with E-state index in [1.807, 2.05) is 31.2 Å². The molecule has 0 atom stereocenters. The molecule has 1 N–H and O–H groups in total. The van der Waals surface area contributed by atoms with Crippen LogP contribution >= 0.6 is 0 Å². The van der Waals surface area contributed by atoms with Crippen LogP contribution in [0.5, 0.6) is 0 Å². The van der Waals surface area contributed by atoms with Gasteiger partial charge in [-0.15, -0.1) is 0 Å². The van der Waals surface area contributed by atoms with Gasteiger partial charge < -0.3 is 5.32 Å². The van der Waals surface area contributed by atoms with E-state index < -0.39 is 11.7 Å². The van der Waals surface area contributed by atoms with Crippen LogP contribution in [0.15, 0.2) is 66.9 Å². The van der Waals surface area contributed by atoms with Gasteiger partial charge in [-0.2, -0.15) is 0 Å². The lowest BCUT2D eigenvalue weighted by molar-refractivity contribution is 0.102. The van der Waals surface area contributed by atoms with E-state index in [2.05, 4.69) is 10.3 Å². The Morgan fingerprint density at radius 2 is 1.74 bits per heavy atom. The Bertz CT molecular complexity index is 830. The lowest BCUT2D eigenvalue weighted by atomic mass is 10.0. The van der Waals surface area contributed by atoms with Crippen molar-refractivity contribution in [1.29, 1.82) is 0 Å². The molecule has 0 radical (unpaired) electrons. The third-order valence-corrected chi connectivity index (χ3v) is 3.51. The van der Waals surface area contributed by atoms with E-state index in [-0.39, 0.29) is 5.56 Å². The van der Waals surface area contributed by atoms with E-state index >= 15 is 0 Å². The Balaban J connectivity index is 1.84. The topological polar surface area (TPSA) is 42.0 Å². The van der Waals surface area contributed by atoms with Gasteiger partial charge in [0.25, 0.3) is 5.91 Å². The Morgan fingerprint density at radius 3 is 2.39 bits per heavy atom. The average Bonchev–Trinajstić information content (AvgIpc) is 2.56. The van der Waals surface area contributed by atoms with Crippen LogP contribution in [0.3, 0.4) is 0 Å². The quantitative estimate of drug-likeness (QED) is 0.777. The van der Waals surface area contributed by atoms with E-state index in [0.29, 0.717) is 5.82 Å². The van der Waals surface area contributed by atoms with Crippen LogP contribution in [0.25, 0.3) is 11.1 Å². The molecule has 3 aromatic rings. The van der Waals surface area contributed by atoms with Crippen molar-refractivity contribution < 1.29 is 9.18 Å². The molecule has 0 unspecified atom stereocenters. The van der Waals surface area contributed by atoms with Gasteiger partial charge in [-0.25, -0.2) is 9.37 Å². The minimum Gasteiger partial charge on any atom is -0.306 e. The van der Waals surface area contributed by atoms with E-state index in [0.717, 1.165) is 16.7 Å². The summed E-state index contributed by atoms with van der Waals surface area (Å²) in [5, 5.41) is 2.58. The third-order valence-electron chi connectivity index (χ3n) is 3.51. The highest BCUT2D eigenvalue weighted by Crippen LogP contribution is 2.23. The predicted octanol–water partition coefficient (Wildman–Crippen LogP) is 4.45. The zero-order valence-corrected chi connectivity index (χ0v) is 12.6. The average molecular weight is 306 g/mol. The van der Waals surface area contributed by atoms with Crippen molar-refractivity contribution in [1.82, 2.24) is 4.98 Å². The van der Waals surface area contributed by atoms with Crippen LogP contribution in [0.2, 0.25) is 0 Å². The van der Waals surface area contributed by atoms with Crippen molar-refractivity contribution >= 4 is 11.7 Å². The normalized spacial score (nSPS) is 10.3. The second-order valence-corrected chi connectivity index (χ2v) is 5.23. The summed E-state index contributed by atoms with van der Waals surface area (Å²) in [6, 6.07) is 17.5. The Labute approximate surface area is 133 Å². The van der Waals surface area contributed by atoms with Gasteiger partial charge in [0.1, 0.15) is 11.6 Å². The minimum atomic E-state index is -0.559. The number of benzene rings is 2. The highest BCUT2D eigenvalue weighted by Gasteiger charge is 2.13. The van der Waals surface area contributed by atoms with Gasteiger partial charge in [-0.3, -0.25) is 4.79 Å². The number of carbonyl (C=O) groups excluding carboxylic acids is 1. The molecular formula is C19H15FN2O. The van der Waals surface area contributed by atoms with Crippen LogP contribution in [0.4, 0.5) is 10.2 Å². The summed E-state index contributed by atoms with van der Waals surface area (Å²) in [6.07, 6.45) is 1.56. The number of amides is 1. The van der Waals surface area contributed by atoms with E-state index in [1.165, 1.54) is 12.1 Å². The summed E-state index contributed by atoms with van der Waals surface area (Å²) in [4.78, 5) is 16.1. The number of nitrogens with zero attached hydrogens (tertiary/aromatic N) is 1. The fourth-order valence-corrected chi connectivity index (χ4v) is 2.25. The number of aryl methyl sites for hydroxylation is 1. The number of carbonyl (C=O) groups is 1. The Kier molecular flexibility index (Phi) is 4.15. The summed E-state index contributed by atoms with van der Waals surface area (Å²) in [5.74, 6) is -0.687. The minimum absolute atomic E-state index is 0.00786. The Morgan fingerprint density at radius 1 is 1.00 bits per heavy atom. The van der Waals surface area contributed by atoms with Crippen LogP contribution in [-0.2, 0) is 0 Å². The first-order valence-corrected chi connectivity index (χ1v) is 7.22. The molecule has 0 saturated heterocycles. The highest BCUT2D eigenvalue weighted by atomic mass is 19.1. The molecule has 0 aliphatic rings. The van der Waals surface area contributed by atoms with Gasteiger partial charge in [0.05, 0.1) is 5.56 Å². The molecule has 0 aliphatic heterocycles. The van der Waals surface area contributed by atoms with E-state index in [1.54, 1.807) is 30.5 Å². The number of hydrogen-bond acceptors (Lipinski definition) is 2. The van der Waals surface area contributed by atoms with Crippen LogP contribution in [-0.4, -0.2) is 10.9 Å². The van der Waals surface area contributed by atoms with Crippen molar-refractivity contribution in [3.63, 3.8) is 0 Å². The molecule has 2 aromatic carbocycles. The predicted molar refractivity (Wildman–Crippen MR) is 88.8 cm³/mol. The smallest absolute Gasteiger partial charge is 0.259 e. The van der Waals surface area contributed by atoms with Gasteiger partial charge in [0.2, 0.25) is 0 Å².